The number of benzene rings is 2. The number of nitriles is 1. The van der Waals surface area contributed by atoms with Gasteiger partial charge in [-0.3, -0.25) is 0 Å². The molecule has 38 heavy (non-hydrogen) atoms. The number of piperidine rings is 1. The van der Waals surface area contributed by atoms with Gasteiger partial charge in [-0.1, -0.05) is 24.3 Å². The molecule has 1 aliphatic rings. The third-order valence-electron chi connectivity index (χ3n) is 6.56. The third kappa shape index (κ3) is 6.13. The van der Waals surface area contributed by atoms with E-state index in [4.69, 9.17) is 15.0 Å². The first-order chi connectivity index (χ1) is 18.1. The second kappa shape index (κ2) is 12.5. The summed E-state index contributed by atoms with van der Waals surface area (Å²) in [4.78, 5) is 13.8. The molecule has 0 bridgehead atoms. The van der Waals surface area contributed by atoms with Gasteiger partial charge >= 0.3 is 0 Å². The number of halogens is 1. The Morgan fingerprint density at radius 2 is 2.00 bits per heavy atom. The molecule has 9 heteroatoms. The molecule has 2 aromatic heterocycles. The van der Waals surface area contributed by atoms with Gasteiger partial charge in [0, 0.05) is 48.0 Å². The number of hydrogen-bond donors (Lipinski definition) is 3. The Hall–Kier alpha value is -3.93. The lowest BCUT2D eigenvalue weighted by atomic mass is 10.0. The topological polar surface area (TPSA) is 108 Å². The zero-order valence-corrected chi connectivity index (χ0v) is 22.4. The van der Waals surface area contributed by atoms with Crippen molar-refractivity contribution in [2.24, 2.45) is 5.92 Å². The Morgan fingerprint density at radius 3 is 2.82 bits per heavy atom. The summed E-state index contributed by atoms with van der Waals surface area (Å²) in [5.41, 5.74) is 3.51. The Labute approximate surface area is 229 Å². The molecule has 0 spiro atoms. The van der Waals surface area contributed by atoms with Crippen LogP contribution in [-0.4, -0.2) is 40.6 Å². The standard InChI is InChI=1S/C29H31N7O.ClH/c1-19(16-30)17-34-25-9-3-7-23-22(25)11-10-20(2)27(23)37-28-24(8-5-14-32-28)26-12-15-33-29(36-26)35-21-6-4-13-31-18-21;/h3,5,7-12,14-15,19,21,31,34H,4,6,13,17-18H2,1-2H3,(H,33,35,36);1H/t19-,21+;/m1./s1. The number of ether oxygens (including phenoxy) is 1. The summed E-state index contributed by atoms with van der Waals surface area (Å²) in [5, 5.41) is 21.4. The average Bonchev–Trinajstić information content (AvgIpc) is 2.94. The molecule has 196 valence electrons. The number of hydrogen-bond acceptors (Lipinski definition) is 8. The van der Waals surface area contributed by atoms with Crippen LogP contribution in [0.1, 0.15) is 25.3 Å². The van der Waals surface area contributed by atoms with Gasteiger partial charge in [0.05, 0.1) is 23.2 Å². The molecular weight excluding hydrogens is 498 g/mol. The fourth-order valence-corrected chi connectivity index (χ4v) is 4.54. The van der Waals surface area contributed by atoms with Crippen molar-refractivity contribution in [1.82, 2.24) is 20.3 Å². The molecule has 4 aromatic rings. The second-order valence-electron chi connectivity index (χ2n) is 9.43. The molecule has 0 amide bonds. The maximum atomic E-state index is 9.16. The van der Waals surface area contributed by atoms with Crippen molar-refractivity contribution >= 4 is 34.8 Å². The van der Waals surface area contributed by atoms with E-state index in [-0.39, 0.29) is 18.3 Å². The molecule has 2 atom stereocenters. The number of fused-ring (bicyclic) bond motifs is 1. The summed E-state index contributed by atoms with van der Waals surface area (Å²) < 4.78 is 6.52. The van der Waals surface area contributed by atoms with Gasteiger partial charge in [0.2, 0.25) is 11.8 Å². The highest BCUT2D eigenvalue weighted by Crippen LogP contribution is 2.38. The van der Waals surface area contributed by atoms with E-state index < -0.39 is 0 Å². The highest BCUT2D eigenvalue weighted by Gasteiger charge is 2.17. The molecule has 1 fully saturated rings. The zero-order chi connectivity index (χ0) is 25.6. The number of nitrogens with zero attached hydrogens (tertiary/aromatic N) is 4. The van der Waals surface area contributed by atoms with Crippen LogP contribution in [-0.2, 0) is 0 Å². The second-order valence-corrected chi connectivity index (χ2v) is 9.43. The van der Waals surface area contributed by atoms with E-state index in [1.165, 1.54) is 0 Å². The lowest BCUT2D eigenvalue weighted by Crippen LogP contribution is -2.38. The van der Waals surface area contributed by atoms with Crippen LogP contribution in [0.5, 0.6) is 11.6 Å². The van der Waals surface area contributed by atoms with Gasteiger partial charge in [0.1, 0.15) is 5.75 Å². The van der Waals surface area contributed by atoms with E-state index in [0.29, 0.717) is 24.4 Å². The molecule has 3 heterocycles. The molecule has 0 aliphatic carbocycles. The zero-order valence-electron chi connectivity index (χ0n) is 21.6. The Morgan fingerprint density at radius 1 is 1.11 bits per heavy atom. The summed E-state index contributed by atoms with van der Waals surface area (Å²) in [5.74, 6) is 1.74. The van der Waals surface area contributed by atoms with E-state index >= 15 is 0 Å². The first-order valence-corrected chi connectivity index (χ1v) is 12.7. The van der Waals surface area contributed by atoms with Gasteiger partial charge in [-0.05, 0) is 63.1 Å². The van der Waals surface area contributed by atoms with E-state index in [1.807, 2.05) is 56.3 Å². The summed E-state index contributed by atoms with van der Waals surface area (Å²) in [6.07, 6.45) is 5.72. The van der Waals surface area contributed by atoms with Crippen molar-refractivity contribution in [3.63, 3.8) is 0 Å². The highest BCUT2D eigenvalue weighted by atomic mass is 35.5. The fraction of sp³-hybridized carbons (Fsp3) is 0.310. The van der Waals surface area contributed by atoms with E-state index in [9.17, 15) is 0 Å². The smallest absolute Gasteiger partial charge is 0.228 e. The van der Waals surface area contributed by atoms with Gasteiger partial charge < -0.3 is 20.7 Å². The van der Waals surface area contributed by atoms with Crippen molar-refractivity contribution in [2.45, 2.75) is 32.7 Å². The Kier molecular flexibility index (Phi) is 8.95. The lowest BCUT2D eigenvalue weighted by Gasteiger charge is -2.23. The number of anilines is 2. The normalized spacial score (nSPS) is 15.7. The Bertz CT molecular complexity index is 1430. The van der Waals surface area contributed by atoms with Crippen molar-refractivity contribution < 1.29 is 4.74 Å². The van der Waals surface area contributed by atoms with Gasteiger partial charge in [-0.2, -0.15) is 5.26 Å². The molecule has 5 rings (SSSR count). The third-order valence-corrected chi connectivity index (χ3v) is 6.56. The van der Waals surface area contributed by atoms with Crippen molar-refractivity contribution in [2.75, 3.05) is 30.3 Å². The van der Waals surface area contributed by atoms with Gasteiger partial charge in [0.15, 0.2) is 0 Å². The van der Waals surface area contributed by atoms with Crippen LogP contribution in [0.3, 0.4) is 0 Å². The van der Waals surface area contributed by atoms with Crippen molar-refractivity contribution in [3.05, 3.63) is 66.5 Å². The maximum absolute atomic E-state index is 9.16. The molecule has 2 aromatic carbocycles. The van der Waals surface area contributed by atoms with Crippen molar-refractivity contribution in [3.8, 4) is 29.0 Å². The number of pyridine rings is 1. The minimum absolute atomic E-state index is 0. The number of rotatable bonds is 8. The van der Waals surface area contributed by atoms with Gasteiger partial charge in [0.25, 0.3) is 0 Å². The molecule has 0 radical (unpaired) electrons. The van der Waals surface area contributed by atoms with E-state index in [2.05, 4.69) is 38.1 Å². The fourth-order valence-electron chi connectivity index (χ4n) is 4.54. The molecule has 1 saturated heterocycles. The Balaban J connectivity index is 0.00000336. The molecule has 0 unspecified atom stereocenters. The molecule has 1 aliphatic heterocycles. The highest BCUT2D eigenvalue weighted by molar-refractivity contribution is 5.98. The number of nitrogens with one attached hydrogen (secondary N) is 3. The average molecular weight is 530 g/mol. The van der Waals surface area contributed by atoms with Crippen LogP contribution < -0.4 is 20.7 Å². The maximum Gasteiger partial charge on any atom is 0.228 e. The lowest BCUT2D eigenvalue weighted by molar-refractivity contribution is 0.466. The molecule has 3 N–H and O–H groups in total. The minimum Gasteiger partial charge on any atom is -0.437 e. The number of aryl methyl sites for hydroxylation is 1. The van der Waals surface area contributed by atoms with Crippen molar-refractivity contribution in [1.29, 1.82) is 5.26 Å². The number of aromatic nitrogens is 3. The summed E-state index contributed by atoms with van der Waals surface area (Å²) in [6, 6.07) is 18.5. The first-order valence-electron chi connectivity index (χ1n) is 12.7. The van der Waals surface area contributed by atoms with Crippen LogP contribution in [0.2, 0.25) is 0 Å². The minimum atomic E-state index is -0.0888. The summed E-state index contributed by atoms with van der Waals surface area (Å²) >= 11 is 0. The summed E-state index contributed by atoms with van der Waals surface area (Å²) in [7, 11) is 0. The SMILES string of the molecule is Cc1ccc2c(NC[C@H](C)C#N)cccc2c1Oc1ncccc1-c1ccnc(N[C@H]2CCCNC2)n1.Cl. The predicted octanol–water partition coefficient (Wildman–Crippen LogP) is 5.95. The van der Waals surface area contributed by atoms with Crippen LogP contribution in [0.25, 0.3) is 22.0 Å². The van der Waals surface area contributed by atoms with Gasteiger partial charge in [-0.15, -0.1) is 12.4 Å². The van der Waals surface area contributed by atoms with Gasteiger partial charge in [-0.25, -0.2) is 15.0 Å². The van der Waals surface area contributed by atoms with Crippen LogP contribution in [0, 0.1) is 24.2 Å². The molecular formula is C29H32ClN7O. The van der Waals surface area contributed by atoms with E-state index in [0.717, 1.165) is 65.0 Å². The quantitative estimate of drug-likeness (QED) is 0.257. The molecule has 8 nitrogen and oxygen atoms in total. The van der Waals surface area contributed by atoms with Crippen LogP contribution >= 0.6 is 12.4 Å². The summed E-state index contributed by atoms with van der Waals surface area (Å²) in [6.45, 7) is 6.46. The molecule has 0 saturated carbocycles. The monoisotopic (exact) mass is 529 g/mol. The first kappa shape index (κ1) is 27.1. The van der Waals surface area contributed by atoms with E-state index in [1.54, 1.807) is 12.4 Å². The van der Waals surface area contributed by atoms with Crippen LogP contribution in [0.4, 0.5) is 11.6 Å². The predicted molar refractivity (Wildman–Crippen MR) is 154 cm³/mol. The largest absolute Gasteiger partial charge is 0.437 e. The van der Waals surface area contributed by atoms with Crippen LogP contribution in [0.15, 0.2) is 60.9 Å².